The fourth-order valence-electron chi connectivity index (χ4n) is 3.39. The zero-order chi connectivity index (χ0) is 12.7. The van der Waals surface area contributed by atoms with Crippen LogP contribution in [0.3, 0.4) is 0 Å². The Labute approximate surface area is 105 Å². The summed E-state index contributed by atoms with van der Waals surface area (Å²) in [6.45, 7) is 9.30. The van der Waals surface area contributed by atoms with Crippen LogP contribution in [0.2, 0.25) is 0 Å². The molecule has 1 saturated carbocycles. The van der Waals surface area contributed by atoms with Gasteiger partial charge in [0.1, 0.15) is 0 Å². The van der Waals surface area contributed by atoms with Crippen LogP contribution in [0.25, 0.3) is 0 Å². The van der Waals surface area contributed by atoms with Gasteiger partial charge in [0.2, 0.25) is 0 Å². The molecule has 1 nitrogen and oxygen atoms in total. The maximum atomic E-state index is 9.48. The van der Waals surface area contributed by atoms with E-state index in [9.17, 15) is 5.11 Å². The highest BCUT2D eigenvalue weighted by Gasteiger charge is 2.67. The van der Waals surface area contributed by atoms with E-state index in [0.717, 1.165) is 6.42 Å². The Morgan fingerprint density at radius 3 is 2.12 bits per heavy atom. The van der Waals surface area contributed by atoms with Gasteiger partial charge < -0.3 is 5.11 Å². The zero-order valence-corrected chi connectivity index (χ0v) is 11.5. The van der Waals surface area contributed by atoms with Gasteiger partial charge in [0.25, 0.3) is 0 Å². The van der Waals surface area contributed by atoms with Gasteiger partial charge in [-0.15, -0.1) is 0 Å². The van der Waals surface area contributed by atoms with E-state index in [-0.39, 0.29) is 10.8 Å². The van der Waals surface area contributed by atoms with Crippen molar-refractivity contribution >= 4 is 0 Å². The molecule has 17 heavy (non-hydrogen) atoms. The van der Waals surface area contributed by atoms with Crippen LogP contribution < -0.4 is 0 Å². The second kappa shape index (κ2) is 4.13. The molecule has 0 spiro atoms. The molecule has 0 bridgehead atoms. The Balaban J connectivity index is 2.24. The molecule has 0 aromatic heterocycles. The Hall–Kier alpha value is -0.820. The fourth-order valence-corrected chi connectivity index (χ4v) is 3.39. The fraction of sp³-hybridized carbons (Fsp3) is 0.625. The molecule has 2 atom stereocenters. The van der Waals surface area contributed by atoms with Crippen LogP contribution in [0.15, 0.2) is 24.3 Å². The third-order valence-corrected chi connectivity index (χ3v) is 5.10. The van der Waals surface area contributed by atoms with Crippen molar-refractivity contribution in [3.63, 3.8) is 0 Å². The molecular formula is C16H24O. The highest BCUT2D eigenvalue weighted by Crippen LogP contribution is 2.68. The molecule has 0 aliphatic heterocycles. The number of hydrogen-bond donors (Lipinski definition) is 1. The number of hydrogen-bond acceptors (Lipinski definition) is 1. The van der Waals surface area contributed by atoms with Crippen LogP contribution in [0.1, 0.15) is 45.2 Å². The van der Waals surface area contributed by atoms with Crippen molar-refractivity contribution in [2.24, 2.45) is 11.3 Å². The summed E-state index contributed by atoms with van der Waals surface area (Å²) in [4.78, 5) is 0. The Morgan fingerprint density at radius 1 is 1.12 bits per heavy atom. The Kier molecular flexibility index (Phi) is 3.07. The van der Waals surface area contributed by atoms with Gasteiger partial charge in [-0.25, -0.2) is 0 Å². The zero-order valence-electron chi connectivity index (χ0n) is 11.5. The van der Waals surface area contributed by atoms with Crippen LogP contribution in [0, 0.1) is 11.3 Å². The molecule has 1 aliphatic rings. The first-order chi connectivity index (χ1) is 7.98. The van der Waals surface area contributed by atoms with Gasteiger partial charge in [-0.1, -0.05) is 58.4 Å². The molecule has 1 heteroatoms. The summed E-state index contributed by atoms with van der Waals surface area (Å²) >= 11 is 0. The van der Waals surface area contributed by atoms with E-state index in [0.29, 0.717) is 12.5 Å². The van der Waals surface area contributed by atoms with Crippen LogP contribution in [0.4, 0.5) is 0 Å². The van der Waals surface area contributed by atoms with Crippen molar-refractivity contribution in [3.05, 3.63) is 35.4 Å². The quantitative estimate of drug-likeness (QED) is 0.841. The first-order valence-corrected chi connectivity index (χ1v) is 6.68. The second-order valence-electron chi connectivity index (χ2n) is 6.11. The topological polar surface area (TPSA) is 20.2 Å². The lowest BCUT2D eigenvalue weighted by molar-refractivity contribution is 0.254. The van der Waals surface area contributed by atoms with Crippen molar-refractivity contribution in [2.45, 2.75) is 46.0 Å². The lowest BCUT2D eigenvalue weighted by Gasteiger charge is -2.15. The van der Waals surface area contributed by atoms with Crippen molar-refractivity contribution in [1.82, 2.24) is 0 Å². The SMILES string of the molecule is CCCc1ccc(C2(C)C(CO)C2(C)C)cc1. The summed E-state index contributed by atoms with van der Waals surface area (Å²) in [5.41, 5.74) is 3.15. The van der Waals surface area contributed by atoms with Gasteiger partial charge in [-0.05, 0) is 28.9 Å². The van der Waals surface area contributed by atoms with Crippen molar-refractivity contribution in [1.29, 1.82) is 0 Å². The molecule has 1 aliphatic carbocycles. The monoisotopic (exact) mass is 232 g/mol. The van der Waals surface area contributed by atoms with Gasteiger partial charge in [-0.2, -0.15) is 0 Å². The molecule has 2 unspecified atom stereocenters. The average Bonchev–Trinajstić information content (AvgIpc) is 2.74. The van der Waals surface area contributed by atoms with Gasteiger partial charge in [0.05, 0.1) is 0 Å². The van der Waals surface area contributed by atoms with Crippen LogP contribution in [0.5, 0.6) is 0 Å². The molecule has 0 saturated heterocycles. The highest BCUT2D eigenvalue weighted by molar-refractivity contribution is 5.40. The maximum Gasteiger partial charge on any atom is 0.0473 e. The number of aliphatic hydroxyl groups is 1. The van der Waals surface area contributed by atoms with E-state index in [4.69, 9.17) is 0 Å². The van der Waals surface area contributed by atoms with Crippen LogP contribution in [-0.4, -0.2) is 11.7 Å². The summed E-state index contributed by atoms with van der Waals surface area (Å²) < 4.78 is 0. The van der Waals surface area contributed by atoms with Crippen molar-refractivity contribution < 1.29 is 5.11 Å². The average molecular weight is 232 g/mol. The molecule has 0 amide bonds. The predicted molar refractivity (Wildman–Crippen MR) is 72.1 cm³/mol. The molecule has 1 aromatic rings. The van der Waals surface area contributed by atoms with Gasteiger partial charge in [0, 0.05) is 12.0 Å². The number of benzene rings is 1. The largest absolute Gasteiger partial charge is 0.396 e. The molecule has 1 N–H and O–H groups in total. The summed E-state index contributed by atoms with van der Waals surface area (Å²) in [5.74, 6) is 0.395. The van der Waals surface area contributed by atoms with E-state index in [1.807, 2.05) is 0 Å². The lowest BCUT2D eigenvalue weighted by atomic mass is 9.89. The Bertz CT molecular complexity index is 390. The minimum absolute atomic E-state index is 0.145. The van der Waals surface area contributed by atoms with E-state index in [2.05, 4.69) is 52.0 Å². The third kappa shape index (κ3) is 1.72. The lowest BCUT2D eigenvalue weighted by Crippen LogP contribution is -2.10. The number of aliphatic hydroxyl groups excluding tert-OH is 1. The highest BCUT2D eigenvalue weighted by atomic mass is 16.3. The smallest absolute Gasteiger partial charge is 0.0473 e. The summed E-state index contributed by atoms with van der Waals surface area (Å²) in [5, 5.41) is 9.48. The summed E-state index contributed by atoms with van der Waals surface area (Å²) in [6, 6.07) is 8.99. The van der Waals surface area contributed by atoms with Gasteiger partial charge in [0.15, 0.2) is 0 Å². The standard InChI is InChI=1S/C16H24O/c1-5-6-12-7-9-13(10-8-12)16(4)14(11-17)15(16,2)3/h7-10,14,17H,5-6,11H2,1-4H3. The van der Waals surface area contributed by atoms with Gasteiger partial charge in [-0.3, -0.25) is 0 Å². The van der Waals surface area contributed by atoms with Crippen molar-refractivity contribution in [3.8, 4) is 0 Å². The second-order valence-corrected chi connectivity index (χ2v) is 6.11. The molecule has 1 fully saturated rings. The minimum atomic E-state index is 0.145. The summed E-state index contributed by atoms with van der Waals surface area (Å²) in [6.07, 6.45) is 2.35. The van der Waals surface area contributed by atoms with Crippen molar-refractivity contribution in [2.75, 3.05) is 6.61 Å². The first kappa shape index (κ1) is 12.6. The predicted octanol–water partition coefficient (Wildman–Crippen LogP) is 3.55. The number of rotatable bonds is 4. The molecule has 94 valence electrons. The third-order valence-electron chi connectivity index (χ3n) is 5.10. The van der Waals surface area contributed by atoms with Crippen LogP contribution >= 0.6 is 0 Å². The van der Waals surface area contributed by atoms with Crippen LogP contribution in [-0.2, 0) is 11.8 Å². The molecule has 0 radical (unpaired) electrons. The first-order valence-electron chi connectivity index (χ1n) is 6.68. The number of aryl methyl sites for hydroxylation is 1. The van der Waals surface area contributed by atoms with E-state index >= 15 is 0 Å². The summed E-state index contributed by atoms with van der Waals surface area (Å²) in [7, 11) is 0. The van der Waals surface area contributed by atoms with E-state index in [1.54, 1.807) is 0 Å². The van der Waals surface area contributed by atoms with Gasteiger partial charge >= 0.3 is 0 Å². The van der Waals surface area contributed by atoms with E-state index < -0.39 is 0 Å². The maximum absolute atomic E-state index is 9.48. The van der Waals surface area contributed by atoms with E-state index in [1.165, 1.54) is 17.5 Å². The molecule has 2 rings (SSSR count). The minimum Gasteiger partial charge on any atom is -0.396 e. The Morgan fingerprint density at radius 2 is 1.71 bits per heavy atom. The normalized spacial score (nSPS) is 30.3. The molecule has 0 heterocycles. The molecular weight excluding hydrogens is 208 g/mol. The molecule has 1 aromatic carbocycles.